The molecule has 3 atom stereocenters. The summed E-state index contributed by atoms with van der Waals surface area (Å²) in [5.74, 6) is -6.55. The Bertz CT molecular complexity index is 651. The summed E-state index contributed by atoms with van der Waals surface area (Å²) >= 11 is 0. The van der Waals surface area contributed by atoms with Crippen molar-refractivity contribution in [1.82, 2.24) is 10.4 Å². The lowest BCUT2D eigenvalue weighted by molar-refractivity contribution is -0.143. The molecule has 0 aromatic rings. The van der Waals surface area contributed by atoms with E-state index in [4.69, 9.17) is 20.4 Å². The van der Waals surface area contributed by atoms with Gasteiger partial charge in [0.25, 0.3) is 0 Å². The van der Waals surface area contributed by atoms with Crippen molar-refractivity contribution in [3.05, 3.63) is 0 Å². The molecule has 0 rings (SSSR count). The SMILES string of the molecule is O=C(O)CCCC(=O)N[C@@H](COP(=O)(O)N[C@@H](CCC(=O)O)C(=O)O)C(=O)O. The summed E-state index contributed by atoms with van der Waals surface area (Å²) in [7, 11) is -4.85. The minimum atomic E-state index is -4.85. The molecule has 1 amide bonds. The van der Waals surface area contributed by atoms with Gasteiger partial charge in [-0.05, 0) is 12.8 Å². The van der Waals surface area contributed by atoms with Gasteiger partial charge in [-0.2, -0.15) is 0 Å². The highest BCUT2D eigenvalue weighted by molar-refractivity contribution is 7.50. The zero-order valence-corrected chi connectivity index (χ0v) is 15.3. The van der Waals surface area contributed by atoms with Crippen molar-refractivity contribution in [3.8, 4) is 0 Å². The van der Waals surface area contributed by atoms with Crippen molar-refractivity contribution < 1.29 is 58.4 Å². The van der Waals surface area contributed by atoms with Crippen LogP contribution in [0.5, 0.6) is 0 Å². The maximum absolute atomic E-state index is 11.9. The molecule has 7 N–H and O–H groups in total. The fourth-order valence-corrected chi connectivity index (χ4v) is 2.82. The summed E-state index contributed by atoms with van der Waals surface area (Å²) in [4.78, 5) is 64.1. The van der Waals surface area contributed by atoms with E-state index in [0.717, 1.165) is 0 Å². The van der Waals surface area contributed by atoms with E-state index in [1.165, 1.54) is 0 Å². The number of aliphatic carboxylic acids is 4. The number of carbonyl (C=O) groups is 5. The van der Waals surface area contributed by atoms with E-state index in [1.807, 2.05) is 5.32 Å². The fraction of sp³-hybridized carbons (Fsp3) is 0.615. The monoisotopic (exact) mass is 428 g/mol. The lowest BCUT2D eigenvalue weighted by Crippen LogP contribution is -2.44. The molecule has 0 bridgehead atoms. The van der Waals surface area contributed by atoms with Crippen molar-refractivity contribution in [2.24, 2.45) is 0 Å². The molecule has 0 fully saturated rings. The van der Waals surface area contributed by atoms with Gasteiger partial charge in [-0.25, -0.2) is 14.4 Å². The van der Waals surface area contributed by atoms with Crippen LogP contribution in [0.4, 0.5) is 0 Å². The second-order valence-electron chi connectivity index (χ2n) is 5.47. The molecule has 0 aromatic heterocycles. The Morgan fingerprint density at radius 3 is 1.86 bits per heavy atom. The number of rotatable bonds is 15. The number of carboxylic acid groups (broad SMARTS) is 4. The number of hydrogen-bond donors (Lipinski definition) is 7. The van der Waals surface area contributed by atoms with Crippen LogP contribution in [0.15, 0.2) is 0 Å². The summed E-state index contributed by atoms with van der Waals surface area (Å²) < 4.78 is 16.4. The molecule has 0 saturated heterocycles. The molecule has 28 heavy (non-hydrogen) atoms. The minimum Gasteiger partial charge on any atom is -0.481 e. The minimum absolute atomic E-state index is 0.0573. The van der Waals surface area contributed by atoms with Gasteiger partial charge in [-0.1, -0.05) is 0 Å². The summed E-state index contributed by atoms with van der Waals surface area (Å²) in [6.45, 7) is -1.01. The molecule has 0 radical (unpaired) electrons. The van der Waals surface area contributed by atoms with Gasteiger partial charge < -0.3 is 30.6 Å². The van der Waals surface area contributed by atoms with E-state index in [1.54, 1.807) is 5.09 Å². The molecule has 0 aliphatic rings. The van der Waals surface area contributed by atoms with Crippen LogP contribution in [0.2, 0.25) is 0 Å². The first-order valence-electron chi connectivity index (χ1n) is 7.77. The highest BCUT2D eigenvalue weighted by Gasteiger charge is 2.31. The van der Waals surface area contributed by atoms with Crippen molar-refractivity contribution in [2.45, 2.75) is 44.2 Å². The van der Waals surface area contributed by atoms with Crippen molar-refractivity contribution in [3.63, 3.8) is 0 Å². The molecule has 0 heterocycles. The largest absolute Gasteiger partial charge is 0.481 e. The summed E-state index contributed by atoms with van der Waals surface area (Å²) in [6, 6.07) is -3.51. The Hall–Kier alpha value is -2.54. The third-order valence-electron chi connectivity index (χ3n) is 3.11. The zero-order valence-electron chi connectivity index (χ0n) is 14.4. The van der Waals surface area contributed by atoms with Crippen LogP contribution in [-0.2, 0) is 33.1 Å². The van der Waals surface area contributed by atoms with Gasteiger partial charge in [0.15, 0.2) is 6.04 Å². The Morgan fingerprint density at radius 1 is 0.857 bits per heavy atom. The summed E-state index contributed by atoms with van der Waals surface area (Å²) in [6.07, 6.45) is -1.83. The molecule has 1 unspecified atom stereocenters. The van der Waals surface area contributed by atoms with Crippen LogP contribution >= 0.6 is 7.75 Å². The normalized spacial score (nSPS) is 15.0. The second kappa shape index (κ2) is 12.0. The van der Waals surface area contributed by atoms with Crippen LogP contribution in [0.25, 0.3) is 0 Å². The molecule has 0 aliphatic carbocycles. The van der Waals surface area contributed by atoms with Crippen LogP contribution in [-0.4, -0.2) is 73.8 Å². The third-order valence-corrected chi connectivity index (χ3v) is 4.24. The fourth-order valence-electron chi connectivity index (χ4n) is 1.76. The Labute approximate surface area is 158 Å². The van der Waals surface area contributed by atoms with Gasteiger partial charge in [-0.3, -0.25) is 23.7 Å². The quantitative estimate of drug-likeness (QED) is 0.152. The number of amides is 1. The van der Waals surface area contributed by atoms with E-state index < -0.39 is 69.1 Å². The summed E-state index contributed by atoms with van der Waals surface area (Å²) in [5.41, 5.74) is 0. The van der Waals surface area contributed by atoms with Crippen LogP contribution in [0.1, 0.15) is 32.1 Å². The first-order chi connectivity index (χ1) is 12.8. The van der Waals surface area contributed by atoms with Gasteiger partial charge in [-0.15, -0.1) is 0 Å². The smallest absolute Gasteiger partial charge is 0.403 e. The number of hydrogen-bond acceptors (Lipinski definition) is 7. The van der Waals surface area contributed by atoms with Gasteiger partial charge >= 0.3 is 31.6 Å². The maximum atomic E-state index is 11.9. The van der Waals surface area contributed by atoms with Gasteiger partial charge in [0.05, 0.1) is 6.61 Å². The van der Waals surface area contributed by atoms with Gasteiger partial charge in [0, 0.05) is 19.3 Å². The molecule has 0 saturated carbocycles. The molecular formula is C13H21N2O12P. The van der Waals surface area contributed by atoms with E-state index in [0.29, 0.717) is 0 Å². The van der Waals surface area contributed by atoms with Gasteiger partial charge in [0.1, 0.15) is 6.04 Å². The third kappa shape index (κ3) is 12.0. The van der Waals surface area contributed by atoms with E-state index >= 15 is 0 Å². The predicted octanol–water partition coefficient (Wildman–Crippen LogP) is -1.16. The van der Waals surface area contributed by atoms with E-state index in [-0.39, 0.29) is 19.3 Å². The molecule has 0 aliphatic heterocycles. The maximum Gasteiger partial charge on any atom is 0.403 e. The molecular weight excluding hydrogens is 407 g/mol. The molecule has 15 heteroatoms. The highest BCUT2D eigenvalue weighted by Crippen LogP contribution is 2.38. The van der Waals surface area contributed by atoms with E-state index in [2.05, 4.69) is 4.52 Å². The van der Waals surface area contributed by atoms with Crippen molar-refractivity contribution >= 4 is 37.5 Å². The Morgan fingerprint density at radius 2 is 1.39 bits per heavy atom. The summed E-state index contributed by atoms with van der Waals surface area (Å²) in [5, 5.41) is 38.6. The Kier molecular flexibility index (Phi) is 10.9. The highest BCUT2D eigenvalue weighted by atomic mass is 31.2. The van der Waals surface area contributed by atoms with Crippen LogP contribution < -0.4 is 10.4 Å². The van der Waals surface area contributed by atoms with Gasteiger partial charge in [0.2, 0.25) is 5.91 Å². The van der Waals surface area contributed by atoms with E-state index in [9.17, 15) is 33.4 Å². The molecule has 0 aromatic carbocycles. The standard InChI is InChI=1S/C13H21N2O12P/c16-9(2-1-3-10(17)18)14-8(13(23)24)6-27-28(25,26)15-7(12(21)22)4-5-11(19)20/h7-8H,1-6H2,(H,14,16)(H,17,18)(H,19,20)(H,21,22)(H,23,24)(H2,15,25,26)/t7-,8-/m0/s1. The molecule has 0 spiro atoms. The molecule has 14 nitrogen and oxygen atoms in total. The topological polar surface area (TPSA) is 237 Å². The lowest BCUT2D eigenvalue weighted by atomic mass is 10.2. The second-order valence-corrected chi connectivity index (χ2v) is 7.03. The Balaban J connectivity index is 4.73. The van der Waals surface area contributed by atoms with Crippen molar-refractivity contribution in [2.75, 3.05) is 6.61 Å². The lowest BCUT2D eigenvalue weighted by Gasteiger charge is -2.20. The number of carboxylic acids is 4. The number of carbonyl (C=O) groups excluding carboxylic acids is 1. The zero-order chi connectivity index (χ0) is 21.9. The average Bonchev–Trinajstić information content (AvgIpc) is 2.54. The first kappa shape index (κ1) is 25.5. The van der Waals surface area contributed by atoms with Crippen LogP contribution in [0, 0.1) is 0 Å². The molecule has 160 valence electrons. The number of nitrogens with one attached hydrogen (secondary N) is 2. The first-order valence-corrected chi connectivity index (χ1v) is 9.35. The van der Waals surface area contributed by atoms with Crippen LogP contribution in [0.3, 0.4) is 0 Å². The average molecular weight is 428 g/mol. The predicted molar refractivity (Wildman–Crippen MR) is 88.3 cm³/mol. The van der Waals surface area contributed by atoms with Crippen molar-refractivity contribution in [1.29, 1.82) is 0 Å².